The Kier molecular flexibility index (Phi) is 4.86. The number of alkyl halides is 3. The zero-order valence-corrected chi connectivity index (χ0v) is 9.44. The quantitative estimate of drug-likeness (QED) is 0.503. The van der Waals surface area contributed by atoms with E-state index in [1.165, 1.54) is 23.7 Å². The average molecular weight is 274 g/mol. The topological polar surface area (TPSA) is 75.4 Å². The molecule has 5 nitrogen and oxygen atoms in total. The molecule has 0 bridgehead atoms. The molecule has 1 rings (SSSR count). The van der Waals surface area contributed by atoms with Crippen molar-refractivity contribution in [3.63, 3.8) is 0 Å². The molecule has 1 aromatic rings. The summed E-state index contributed by atoms with van der Waals surface area (Å²) >= 11 is 0. The molecule has 19 heavy (non-hydrogen) atoms. The first-order valence-corrected chi connectivity index (χ1v) is 5.05. The highest BCUT2D eigenvalue weighted by Crippen LogP contribution is 2.25. The molecule has 0 aliphatic rings. The number of nitrogens with zero attached hydrogens (tertiary/aromatic N) is 1. The molecule has 1 unspecified atom stereocenters. The van der Waals surface area contributed by atoms with Gasteiger partial charge in [-0.2, -0.15) is 13.2 Å². The molecule has 0 fully saturated rings. The van der Waals surface area contributed by atoms with E-state index in [0.717, 1.165) is 6.07 Å². The predicted octanol–water partition coefficient (Wildman–Crippen LogP) is 2.10. The van der Waals surface area contributed by atoms with E-state index in [0.29, 0.717) is 0 Å². The Hall–Kier alpha value is -2.11. The molecule has 0 saturated carbocycles. The number of hydroxylamine groups is 1. The maximum Gasteiger partial charge on any atom is 0.403 e. The van der Waals surface area contributed by atoms with Crippen molar-refractivity contribution < 1.29 is 23.3 Å². The number of nitro benzene ring substituents is 1. The van der Waals surface area contributed by atoms with Gasteiger partial charge in [0.1, 0.15) is 11.5 Å². The number of hydrogen-bond acceptors (Lipinski definition) is 4. The number of para-hydroxylation sites is 1. The van der Waals surface area contributed by atoms with E-state index < -0.39 is 23.6 Å². The van der Waals surface area contributed by atoms with Crippen LogP contribution in [0, 0.1) is 27.9 Å². The van der Waals surface area contributed by atoms with Gasteiger partial charge in [-0.1, -0.05) is 24.0 Å². The zero-order chi connectivity index (χ0) is 14.5. The molecule has 0 radical (unpaired) electrons. The molecule has 0 aliphatic heterocycles. The molecule has 0 aliphatic carbocycles. The van der Waals surface area contributed by atoms with Crippen LogP contribution in [0.3, 0.4) is 0 Å². The standard InChI is InChI=1S/C11H9F3N2O3/c12-11(13,14)9(7-15-17)6-5-8-3-1-2-4-10(8)16(18)19/h1-4,9,15,17H,7H2. The third-order valence-corrected chi connectivity index (χ3v) is 2.17. The van der Waals surface area contributed by atoms with E-state index in [9.17, 15) is 23.3 Å². The number of hydrogen-bond donors (Lipinski definition) is 2. The van der Waals surface area contributed by atoms with Crippen molar-refractivity contribution >= 4 is 5.69 Å². The summed E-state index contributed by atoms with van der Waals surface area (Å²) in [5.41, 5.74) is 0.913. The van der Waals surface area contributed by atoms with Gasteiger partial charge in [-0.3, -0.25) is 10.1 Å². The van der Waals surface area contributed by atoms with Crippen molar-refractivity contribution in [1.29, 1.82) is 0 Å². The van der Waals surface area contributed by atoms with Crippen molar-refractivity contribution in [2.24, 2.45) is 5.92 Å². The van der Waals surface area contributed by atoms with Gasteiger partial charge in [-0.25, -0.2) is 5.48 Å². The van der Waals surface area contributed by atoms with Gasteiger partial charge in [-0.15, -0.1) is 0 Å². The van der Waals surface area contributed by atoms with Crippen LogP contribution in [-0.4, -0.2) is 22.9 Å². The first-order valence-electron chi connectivity index (χ1n) is 5.05. The minimum atomic E-state index is -4.63. The Bertz CT molecular complexity index is 520. The van der Waals surface area contributed by atoms with Gasteiger partial charge in [0.2, 0.25) is 0 Å². The molecule has 0 saturated heterocycles. The highest BCUT2D eigenvalue weighted by molar-refractivity contribution is 5.50. The highest BCUT2D eigenvalue weighted by atomic mass is 19.4. The van der Waals surface area contributed by atoms with Gasteiger partial charge in [0.25, 0.3) is 5.69 Å². The lowest BCUT2D eigenvalue weighted by Crippen LogP contribution is -2.31. The van der Waals surface area contributed by atoms with E-state index in [1.54, 1.807) is 0 Å². The second kappa shape index (κ2) is 6.17. The minimum Gasteiger partial charge on any atom is -0.317 e. The summed E-state index contributed by atoms with van der Waals surface area (Å²) in [5.74, 6) is 1.88. The fraction of sp³-hybridized carbons (Fsp3) is 0.273. The normalized spacial score (nSPS) is 12.4. The van der Waals surface area contributed by atoms with Crippen LogP contribution in [0.5, 0.6) is 0 Å². The maximum absolute atomic E-state index is 12.5. The predicted molar refractivity (Wildman–Crippen MR) is 59.3 cm³/mol. The molecular weight excluding hydrogens is 265 g/mol. The fourth-order valence-electron chi connectivity index (χ4n) is 1.24. The Morgan fingerprint density at radius 3 is 2.58 bits per heavy atom. The van der Waals surface area contributed by atoms with Crippen molar-refractivity contribution in [2.75, 3.05) is 6.54 Å². The third-order valence-electron chi connectivity index (χ3n) is 2.17. The molecular formula is C11H9F3N2O3. The van der Waals surface area contributed by atoms with Crippen LogP contribution in [0.4, 0.5) is 18.9 Å². The van der Waals surface area contributed by atoms with Crippen LogP contribution in [-0.2, 0) is 0 Å². The van der Waals surface area contributed by atoms with Crippen LogP contribution in [0.2, 0.25) is 0 Å². The van der Waals surface area contributed by atoms with Gasteiger partial charge >= 0.3 is 6.18 Å². The van der Waals surface area contributed by atoms with Gasteiger partial charge in [0.05, 0.1) is 4.92 Å². The molecule has 2 N–H and O–H groups in total. The summed E-state index contributed by atoms with van der Waals surface area (Å²) in [6.45, 7) is -0.808. The van der Waals surface area contributed by atoms with Gasteiger partial charge in [0.15, 0.2) is 0 Å². The monoisotopic (exact) mass is 274 g/mol. The summed E-state index contributed by atoms with van der Waals surface area (Å²) < 4.78 is 37.4. The lowest BCUT2D eigenvalue weighted by atomic mass is 10.1. The first-order chi connectivity index (χ1) is 8.86. The molecule has 0 spiro atoms. The number of benzene rings is 1. The SMILES string of the molecule is O=[N+]([O-])c1ccccc1C#CC(CNO)C(F)(F)F. The third kappa shape index (κ3) is 4.24. The van der Waals surface area contributed by atoms with E-state index in [2.05, 4.69) is 5.92 Å². The number of rotatable bonds is 3. The molecule has 8 heteroatoms. The highest BCUT2D eigenvalue weighted by Gasteiger charge is 2.38. The van der Waals surface area contributed by atoms with Crippen LogP contribution in [0.15, 0.2) is 24.3 Å². The summed E-state index contributed by atoms with van der Waals surface area (Å²) in [4.78, 5) is 9.93. The Morgan fingerprint density at radius 2 is 2.05 bits per heavy atom. The van der Waals surface area contributed by atoms with Crippen LogP contribution >= 0.6 is 0 Å². The maximum atomic E-state index is 12.5. The summed E-state index contributed by atoms with van der Waals surface area (Å²) in [6.07, 6.45) is -4.63. The Balaban J connectivity index is 3.08. The largest absolute Gasteiger partial charge is 0.403 e. The van der Waals surface area contributed by atoms with E-state index in [-0.39, 0.29) is 11.3 Å². The Morgan fingerprint density at radius 1 is 1.42 bits per heavy atom. The van der Waals surface area contributed by atoms with Crippen molar-refractivity contribution in [3.8, 4) is 11.8 Å². The summed E-state index contributed by atoms with van der Waals surface area (Å²) in [7, 11) is 0. The zero-order valence-electron chi connectivity index (χ0n) is 9.44. The molecule has 0 amide bonds. The lowest BCUT2D eigenvalue weighted by molar-refractivity contribution is -0.385. The smallest absolute Gasteiger partial charge is 0.317 e. The van der Waals surface area contributed by atoms with Crippen molar-refractivity contribution in [3.05, 3.63) is 39.9 Å². The lowest BCUT2D eigenvalue weighted by Gasteiger charge is -2.13. The number of nitrogens with one attached hydrogen (secondary N) is 1. The minimum absolute atomic E-state index is 0.111. The van der Waals surface area contributed by atoms with Crippen molar-refractivity contribution in [2.45, 2.75) is 6.18 Å². The van der Waals surface area contributed by atoms with Gasteiger partial charge < -0.3 is 5.21 Å². The fourth-order valence-corrected chi connectivity index (χ4v) is 1.24. The number of nitro groups is 1. The summed E-state index contributed by atoms with van der Waals surface area (Å²) in [5, 5.41) is 19.0. The van der Waals surface area contributed by atoms with Crippen molar-refractivity contribution in [1.82, 2.24) is 5.48 Å². The van der Waals surface area contributed by atoms with Gasteiger partial charge in [-0.05, 0) is 6.07 Å². The van der Waals surface area contributed by atoms with Crippen LogP contribution < -0.4 is 5.48 Å². The van der Waals surface area contributed by atoms with E-state index in [1.807, 2.05) is 5.92 Å². The first kappa shape index (κ1) is 14.9. The average Bonchev–Trinajstić information content (AvgIpc) is 2.33. The second-order valence-electron chi connectivity index (χ2n) is 3.50. The molecule has 1 aromatic carbocycles. The molecule has 0 aromatic heterocycles. The molecule has 0 heterocycles. The van der Waals surface area contributed by atoms with E-state index >= 15 is 0 Å². The van der Waals surface area contributed by atoms with Crippen LogP contribution in [0.25, 0.3) is 0 Å². The Labute approximate surface area is 106 Å². The number of halogens is 3. The van der Waals surface area contributed by atoms with Gasteiger partial charge in [0, 0.05) is 12.6 Å². The summed E-state index contributed by atoms with van der Waals surface area (Å²) in [6, 6.07) is 5.23. The molecule has 102 valence electrons. The second-order valence-corrected chi connectivity index (χ2v) is 3.50. The molecule has 1 atom stereocenters. The van der Waals surface area contributed by atoms with Crippen LogP contribution in [0.1, 0.15) is 5.56 Å². The van der Waals surface area contributed by atoms with E-state index in [4.69, 9.17) is 5.21 Å².